The van der Waals surface area contributed by atoms with Crippen LogP contribution in [0.2, 0.25) is 10.0 Å². The maximum Gasteiger partial charge on any atom is 2.00 e. The number of carbonyl (C=O) groups excluding carboxylic acids is 1. The molecule has 0 amide bonds. The van der Waals surface area contributed by atoms with Crippen LogP contribution in [0.3, 0.4) is 0 Å². The first-order valence-electron chi connectivity index (χ1n) is 4.87. The molecule has 0 aliphatic rings. The zero-order chi connectivity index (χ0) is 15.0. The molecule has 20 heavy (non-hydrogen) atoms. The summed E-state index contributed by atoms with van der Waals surface area (Å²) in [6, 6.07) is 4.63. The van der Waals surface area contributed by atoms with E-state index in [9.17, 15) is 4.79 Å². The molecule has 1 aromatic rings. The van der Waals surface area contributed by atoms with Crippen LogP contribution in [0.25, 0.3) is 0 Å². The van der Waals surface area contributed by atoms with Gasteiger partial charge in [-0.25, -0.2) is 4.79 Å². The fourth-order valence-corrected chi connectivity index (χ4v) is 1.29. The van der Waals surface area contributed by atoms with Crippen LogP contribution in [-0.2, 0) is 14.3 Å². The summed E-state index contributed by atoms with van der Waals surface area (Å²) in [5.41, 5.74) is 0. The molecular formula is C12H14Cl2MgO5. The Labute approximate surface area is 145 Å². The Hall–Kier alpha value is -0.954. The Morgan fingerprint density at radius 3 is 2.25 bits per heavy atom. The van der Waals surface area contributed by atoms with Crippen molar-refractivity contribution < 1.29 is 27.0 Å². The first-order valence-corrected chi connectivity index (χ1v) is 5.63. The molecular weight excluding hydrogens is 319 g/mol. The third-order valence-corrected chi connectivity index (χ3v) is 2.07. The summed E-state index contributed by atoms with van der Waals surface area (Å²) >= 11 is 11.5. The van der Waals surface area contributed by atoms with Gasteiger partial charge in [0.25, 0.3) is 5.97 Å². The Balaban J connectivity index is -0.000000208. The number of carboxylic acids is 1. The third-order valence-electron chi connectivity index (χ3n) is 1.54. The number of halogens is 2. The van der Waals surface area contributed by atoms with Crippen molar-refractivity contribution in [1.29, 1.82) is 0 Å². The van der Waals surface area contributed by atoms with Gasteiger partial charge < -0.3 is 17.4 Å². The predicted octanol–water partition coefficient (Wildman–Crippen LogP) is 2.99. The van der Waals surface area contributed by atoms with E-state index < -0.39 is 11.9 Å². The number of aliphatic carboxylic acids is 1. The van der Waals surface area contributed by atoms with E-state index >= 15 is 0 Å². The fourth-order valence-electron chi connectivity index (χ4n) is 0.846. The van der Waals surface area contributed by atoms with E-state index in [1.165, 1.54) is 13.2 Å². The van der Waals surface area contributed by atoms with Gasteiger partial charge in [0.2, 0.25) is 5.76 Å². The van der Waals surface area contributed by atoms with Crippen molar-refractivity contribution in [1.82, 2.24) is 0 Å². The molecule has 0 saturated carbocycles. The summed E-state index contributed by atoms with van der Waals surface area (Å²) < 4.78 is 9.51. The third kappa shape index (κ3) is 9.03. The van der Waals surface area contributed by atoms with Crippen LogP contribution in [0.1, 0.15) is 9.78 Å². The molecule has 1 aromatic carbocycles. The van der Waals surface area contributed by atoms with E-state index in [1.807, 2.05) is 0 Å². The molecule has 0 heterocycles. The molecule has 0 unspecified atom stereocenters. The number of carbonyl (C=O) groups is 2. The molecule has 0 spiro atoms. The molecule has 0 fully saturated rings. The van der Waals surface area contributed by atoms with Gasteiger partial charge in [-0.3, -0.25) is 4.79 Å². The number of rotatable bonds is 3. The van der Waals surface area contributed by atoms with Gasteiger partial charge in [-0.1, -0.05) is 23.2 Å². The van der Waals surface area contributed by atoms with Gasteiger partial charge in [0.1, 0.15) is 5.75 Å². The van der Waals surface area contributed by atoms with Crippen LogP contribution in [-0.4, -0.2) is 47.2 Å². The van der Waals surface area contributed by atoms with E-state index in [2.05, 4.69) is 11.3 Å². The number of carboxylic acid groups (broad SMARTS) is 1. The Morgan fingerprint density at radius 1 is 1.35 bits per heavy atom. The number of hydrogen-bond donors (Lipinski definition) is 1. The van der Waals surface area contributed by atoms with Gasteiger partial charge in [0.05, 0.1) is 12.1 Å². The van der Waals surface area contributed by atoms with Crippen LogP contribution in [0.4, 0.5) is 0 Å². The normalized spacial score (nSPS) is 8.40. The first kappa shape index (κ1) is 21.3. The van der Waals surface area contributed by atoms with Crippen molar-refractivity contribution in [3.05, 3.63) is 40.6 Å². The second kappa shape index (κ2) is 10.8. The topological polar surface area (TPSA) is 72.8 Å². The summed E-state index contributed by atoms with van der Waals surface area (Å²) in [7, 11) is 1.24. The quantitative estimate of drug-likeness (QED) is 0.398. The average molecular weight is 333 g/mol. The SMILES string of the molecule is C=C(Oc1ccc(Cl)cc1Cl)C(=O)OC.CC(=O)O.[H-].[H-].[Mg+2]. The monoisotopic (exact) mass is 332 g/mol. The second-order valence-corrected chi connectivity index (χ2v) is 3.95. The zero-order valence-electron chi connectivity index (χ0n) is 13.0. The minimum atomic E-state index is -0.833. The number of esters is 1. The second-order valence-electron chi connectivity index (χ2n) is 3.11. The molecule has 5 nitrogen and oxygen atoms in total. The summed E-state index contributed by atoms with van der Waals surface area (Å²) in [4.78, 5) is 20.0. The van der Waals surface area contributed by atoms with Crippen molar-refractivity contribution in [2.45, 2.75) is 6.92 Å². The summed E-state index contributed by atoms with van der Waals surface area (Å²) in [6.45, 7) is 4.48. The van der Waals surface area contributed by atoms with Crippen LogP contribution in [0, 0.1) is 0 Å². The molecule has 8 heteroatoms. The predicted molar refractivity (Wildman–Crippen MR) is 79.5 cm³/mol. The molecule has 0 aliphatic heterocycles. The first-order chi connectivity index (χ1) is 8.77. The van der Waals surface area contributed by atoms with Crippen LogP contribution in [0.5, 0.6) is 5.75 Å². The van der Waals surface area contributed by atoms with Crippen molar-refractivity contribution in [3.8, 4) is 5.75 Å². The van der Waals surface area contributed by atoms with E-state index in [0.29, 0.717) is 15.8 Å². The van der Waals surface area contributed by atoms with Gasteiger partial charge in [0.15, 0.2) is 0 Å². The molecule has 0 atom stereocenters. The maximum absolute atomic E-state index is 11.0. The maximum atomic E-state index is 11.0. The van der Waals surface area contributed by atoms with Gasteiger partial charge in [-0.15, -0.1) is 0 Å². The number of methoxy groups -OCH3 is 1. The number of hydrogen-bond acceptors (Lipinski definition) is 4. The van der Waals surface area contributed by atoms with Crippen LogP contribution < -0.4 is 4.74 Å². The van der Waals surface area contributed by atoms with Crippen molar-refractivity contribution in [2.75, 3.05) is 7.11 Å². The van der Waals surface area contributed by atoms with E-state index in [-0.39, 0.29) is 31.7 Å². The van der Waals surface area contributed by atoms with E-state index in [4.69, 9.17) is 37.8 Å². The van der Waals surface area contributed by atoms with Gasteiger partial charge >= 0.3 is 29.0 Å². The fraction of sp³-hybridized carbons (Fsp3) is 0.167. The summed E-state index contributed by atoms with van der Waals surface area (Å²) in [5.74, 6) is -1.32. The molecule has 0 radical (unpaired) electrons. The smallest absolute Gasteiger partial charge is 1.00 e. The van der Waals surface area contributed by atoms with E-state index in [1.54, 1.807) is 12.1 Å². The molecule has 0 aliphatic carbocycles. The number of benzene rings is 1. The number of ether oxygens (including phenoxy) is 2. The average Bonchev–Trinajstić information content (AvgIpc) is 2.30. The van der Waals surface area contributed by atoms with Gasteiger partial charge in [0, 0.05) is 11.9 Å². The Kier molecular flexibility index (Phi) is 11.5. The van der Waals surface area contributed by atoms with Crippen molar-refractivity contribution >= 4 is 58.2 Å². The molecule has 1 N–H and O–H groups in total. The van der Waals surface area contributed by atoms with Crippen molar-refractivity contribution in [3.63, 3.8) is 0 Å². The summed E-state index contributed by atoms with van der Waals surface area (Å²) in [6.07, 6.45) is 0. The molecule has 1 rings (SSSR count). The minimum absolute atomic E-state index is 0. The van der Waals surface area contributed by atoms with E-state index in [0.717, 1.165) is 6.92 Å². The zero-order valence-corrected chi connectivity index (χ0v) is 13.9. The van der Waals surface area contributed by atoms with Gasteiger partial charge in [-0.05, 0) is 24.8 Å². The largest absolute Gasteiger partial charge is 2.00 e. The van der Waals surface area contributed by atoms with Crippen LogP contribution >= 0.6 is 23.2 Å². The van der Waals surface area contributed by atoms with Gasteiger partial charge in [-0.2, -0.15) is 0 Å². The molecule has 0 saturated heterocycles. The molecule has 0 aromatic heterocycles. The van der Waals surface area contributed by atoms with Crippen LogP contribution in [0.15, 0.2) is 30.5 Å². The molecule has 108 valence electrons. The Morgan fingerprint density at radius 2 is 1.85 bits per heavy atom. The summed E-state index contributed by atoms with van der Waals surface area (Å²) in [5, 5.41) is 8.20. The molecule has 0 bridgehead atoms. The Bertz CT molecular complexity index is 496. The standard InChI is InChI=1S/C10H8Cl2O3.C2H4O2.Mg.2H/c1-6(10(13)14-2)15-9-4-3-7(11)5-8(9)12;1-2(3)4;;;/h3-5H,1H2,2H3;1H3,(H,3,4);;;/q;;+2;2*-1. The minimum Gasteiger partial charge on any atom is -1.00 e. The van der Waals surface area contributed by atoms with Crippen molar-refractivity contribution in [2.24, 2.45) is 0 Å².